The van der Waals surface area contributed by atoms with Gasteiger partial charge in [-0.05, 0) is 38.5 Å². The van der Waals surface area contributed by atoms with Crippen molar-refractivity contribution in [3.05, 3.63) is 24.8 Å². The van der Waals surface area contributed by atoms with Gasteiger partial charge in [0.25, 0.3) is 0 Å². The summed E-state index contributed by atoms with van der Waals surface area (Å²) >= 11 is 0. The fourth-order valence-corrected chi connectivity index (χ4v) is 2.16. The van der Waals surface area contributed by atoms with Crippen molar-refractivity contribution in [1.82, 2.24) is 0 Å². The standard InChI is InChI=1S/C18H33/c1-3-5-7-9-11-13-15-17-18-16-14-12-10-8-6-4-2/h1,3,12,14H,4-11,13,15-18H2,2H3. The molecule has 0 fully saturated rings. The zero-order valence-electron chi connectivity index (χ0n) is 12.5. The minimum absolute atomic E-state index is 1.09. The normalized spacial score (nSPS) is 11.2. The molecule has 0 heterocycles. The van der Waals surface area contributed by atoms with Crippen molar-refractivity contribution < 1.29 is 0 Å². The molecule has 0 rings (SSSR count). The lowest BCUT2D eigenvalue weighted by atomic mass is 10.1. The number of hydrogen-bond donors (Lipinski definition) is 0. The van der Waals surface area contributed by atoms with Crippen LogP contribution in [0.1, 0.15) is 90.4 Å². The lowest BCUT2D eigenvalue weighted by Crippen LogP contribution is -1.80. The second kappa shape index (κ2) is 16.5. The van der Waals surface area contributed by atoms with Crippen molar-refractivity contribution in [3.8, 4) is 0 Å². The predicted octanol–water partition coefficient (Wildman–Crippen LogP) is 6.62. The molecule has 0 amide bonds. The molecule has 0 N–H and O–H groups in total. The van der Waals surface area contributed by atoms with E-state index >= 15 is 0 Å². The van der Waals surface area contributed by atoms with Crippen LogP contribution in [0.5, 0.6) is 0 Å². The molecule has 0 aromatic rings. The summed E-state index contributed by atoms with van der Waals surface area (Å²) in [7, 11) is 0. The molecule has 0 aliphatic heterocycles. The molecule has 18 heavy (non-hydrogen) atoms. The highest BCUT2D eigenvalue weighted by atomic mass is 14.0. The number of unbranched alkanes of at least 4 members (excludes halogenated alkanes) is 11. The molecule has 0 bridgehead atoms. The Kier molecular flexibility index (Phi) is 16.0. The molecule has 0 aromatic heterocycles. The summed E-state index contributed by atoms with van der Waals surface area (Å²) in [6, 6.07) is 0. The second-order valence-corrected chi connectivity index (χ2v) is 5.26. The lowest BCUT2D eigenvalue weighted by molar-refractivity contribution is 0.583. The van der Waals surface area contributed by atoms with E-state index in [-0.39, 0.29) is 0 Å². The van der Waals surface area contributed by atoms with E-state index in [9.17, 15) is 0 Å². The molecule has 0 spiro atoms. The van der Waals surface area contributed by atoms with Crippen LogP contribution >= 0.6 is 0 Å². The van der Waals surface area contributed by atoms with E-state index in [0.717, 1.165) is 6.42 Å². The Balaban J connectivity index is 3.00. The summed E-state index contributed by atoms with van der Waals surface area (Å²) in [5.74, 6) is 0. The van der Waals surface area contributed by atoms with Gasteiger partial charge in [0.15, 0.2) is 0 Å². The molecule has 0 atom stereocenters. The van der Waals surface area contributed by atoms with E-state index in [1.807, 2.05) is 0 Å². The third-order valence-corrected chi connectivity index (χ3v) is 3.38. The largest absolute Gasteiger partial charge is 0.0885 e. The highest BCUT2D eigenvalue weighted by Gasteiger charge is 1.90. The Labute approximate surface area is 116 Å². The van der Waals surface area contributed by atoms with Gasteiger partial charge in [-0.2, -0.15) is 0 Å². The van der Waals surface area contributed by atoms with Crippen LogP contribution in [0.15, 0.2) is 18.2 Å². The van der Waals surface area contributed by atoms with Crippen molar-refractivity contribution in [3.63, 3.8) is 0 Å². The molecule has 0 heteroatoms. The van der Waals surface area contributed by atoms with Crippen molar-refractivity contribution in [2.45, 2.75) is 90.4 Å². The van der Waals surface area contributed by atoms with Crippen LogP contribution in [0.3, 0.4) is 0 Å². The van der Waals surface area contributed by atoms with Gasteiger partial charge in [0.1, 0.15) is 0 Å². The van der Waals surface area contributed by atoms with E-state index in [1.54, 1.807) is 6.08 Å². The number of rotatable bonds is 14. The Morgan fingerprint density at radius 1 is 0.611 bits per heavy atom. The van der Waals surface area contributed by atoms with Crippen molar-refractivity contribution >= 4 is 0 Å². The average Bonchev–Trinajstić information content (AvgIpc) is 2.39. The molecule has 0 unspecified atom stereocenters. The zero-order chi connectivity index (χ0) is 13.3. The molecule has 0 saturated carbocycles. The second-order valence-electron chi connectivity index (χ2n) is 5.26. The maximum atomic E-state index is 5.34. The Morgan fingerprint density at radius 2 is 1.06 bits per heavy atom. The summed E-state index contributed by atoms with van der Waals surface area (Å²) in [4.78, 5) is 0. The van der Waals surface area contributed by atoms with Gasteiger partial charge >= 0.3 is 0 Å². The van der Waals surface area contributed by atoms with Gasteiger partial charge in [0.2, 0.25) is 0 Å². The zero-order valence-corrected chi connectivity index (χ0v) is 12.5. The minimum Gasteiger partial charge on any atom is -0.0885 e. The SMILES string of the molecule is [CH]=CCCCCCCCCCC=CCCCCC. The van der Waals surface area contributed by atoms with Crippen LogP contribution in [0.2, 0.25) is 0 Å². The summed E-state index contributed by atoms with van der Waals surface area (Å²) in [5.41, 5.74) is 0. The predicted molar refractivity (Wildman–Crippen MR) is 83.7 cm³/mol. The lowest BCUT2D eigenvalue weighted by Gasteiger charge is -2.00. The maximum Gasteiger partial charge on any atom is -0.0348 e. The molecular weight excluding hydrogens is 216 g/mol. The van der Waals surface area contributed by atoms with Gasteiger partial charge < -0.3 is 0 Å². The smallest absolute Gasteiger partial charge is 0.0348 e. The monoisotopic (exact) mass is 249 g/mol. The van der Waals surface area contributed by atoms with Crippen molar-refractivity contribution in [2.24, 2.45) is 0 Å². The van der Waals surface area contributed by atoms with E-state index in [2.05, 4.69) is 19.1 Å². The highest BCUT2D eigenvalue weighted by molar-refractivity contribution is 4.81. The summed E-state index contributed by atoms with van der Waals surface area (Å²) in [5, 5.41) is 0. The first-order chi connectivity index (χ1) is 8.91. The van der Waals surface area contributed by atoms with Gasteiger partial charge in [0.05, 0.1) is 0 Å². The third-order valence-electron chi connectivity index (χ3n) is 3.38. The molecule has 0 aromatic carbocycles. The fraction of sp³-hybridized carbons (Fsp3) is 0.778. The van der Waals surface area contributed by atoms with Gasteiger partial charge in [0, 0.05) is 0 Å². The number of allylic oxidation sites excluding steroid dienone is 3. The first-order valence-corrected chi connectivity index (χ1v) is 8.10. The Hall–Kier alpha value is -0.520. The van der Waals surface area contributed by atoms with E-state index in [0.29, 0.717) is 0 Å². The third kappa shape index (κ3) is 15.5. The Morgan fingerprint density at radius 3 is 1.56 bits per heavy atom. The average molecular weight is 249 g/mol. The molecule has 105 valence electrons. The minimum atomic E-state index is 1.09. The summed E-state index contributed by atoms with van der Waals surface area (Å²) in [6.45, 7) is 7.61. The molecule has 0 nitrogen and oxygen atoms in total. The van der Waals surface area contributed by atoms with Crippen LogP contribution in [0.4, 0.5) is 0 Å². The Bertz CT molecular complexity index is 178. The van der Waals surface area contributed by atoms with Gasteiger partial charge in [-0.1, -0.05) is 76.7 Å². The van der Waals surface area contributed by atoms with Gasteiger partial charge in [-0.3, -0.25) is 0 Å². The summed E-state index contributed by atoms with van der Waals surface area (Å²) in [6.07, 6.45) is 23.9. The quantitative estimate of drug-likeness (QED) is 0.239. The molecule has 1 radical (unpaired) electrons. The van der Waals surface area contributed by atoms with Crippen molar-refractivity contribution in [1.29, 1.82) is 0 Å². The first-order valence-electron chi connectivity index (χ1n) is 8.10. The van der Waals surface area contributed by atoms with Crippen LogP contribution < -0.4 is 0 Å². The van der Waals surface area contributed by atoms with Gasteiger partial charge in [-0.15, -0.1) is 0 Å². The maximum absolute atomic E-state index is 5.34. The number of hydrogen-bond acceptors (Lipinski definition) is 0. The molecule has 0 aliphatic rings. The molecule has 0 aliphatic carbocycles. The van der Waals surface area contributed by atoms with Crippen LogP contribution in [-0.2, 0) is 0 Å². The fourth-order valence-electron chi connectivity index (χ4n) is 2.16. The van der Waals surface area contributed by atoms with E-state index < -0.39 is 0 Å². The van der Waals surface area contributed by atoms with Crippen LogP contribution in [0.25, 0.3) is 0 Å². The summed E-state index contributed by atoms with van der Waals surface area (Å²) < 4.78 is 0. The van der Waals surface area contributed by atoms with Crippen molar-refractivity contribution in [2.75, 3.05) is 0 Å². The van der Waals surface area contributed by atoms with Gasteiger partial charge in [-0.25, -0.2) is 0 Å². The van der Waals surface area contributed by atoms with E-state index in [1.165, 1.54) is 77.0 Å². The highest BCUT2D eigenvalue weighted by Crippen LogP contribution is 2.10. The van der Waals surface area contributed by atoms with E-state index in [4.69, 9.17) is 6.58 Å². The van der Waals surface area contributed by atoms with Crippen LogP contribution in [0, 0.1) is 6.58 Å². The molecule has 0 saturated heterocycles. The van der Waals surface area contributed by atoms with Crippen LogP contribution in [-0.4, -0.2) is 0 Å². The molecular formula is C18H33. The first kappa shape index (κ1) is 17.5. The topological polar surface area (TPSA) is 0 Å².